The summed E-state index contributed by atoms with van der Waals surface area (Å²) < 4.78 is 10.6. The van der Waals surface area contributed by atoms with Crippen LogP contribution in [-0.2, 0) is 9.36 Å². The Morgan fingerprint density at radius 3 is 1.79 bits per heavy atom. The van der Waals surface area contributed by atoms with Gasteiger partial charge in [0.25, 0.3) is 0 Å². The lowest BCUT2D eigenvalue weighted by molar-refractivity contribution is -0.130. The first-order valence-electron chi connectivity index (χ1n) is 4.69. The molecule has 3 N–H and O–H groups in total. The zero-order chi connectivity index (χ0) is 11.4. The second kappa shape index (κ2) is 4.91. The Kier molecular flexibility index (Phi) is 4.78. The largest absolute Gasteiger partial charge is 0.429 e. The lowest BCUT2D eigenvalue weighted by Gasteiger charge is -2.28. The van der Waals surface area contributed by atoms with Crippen molar-refractivity contribution < 1.29 is 19.1 Å². The standard InChI is InChI=1S/C8H18NO4P/c1-4-8(5-2,6-3)7(10)9-14(11,12)13/h4-6H2,1-3H3,(H3,9,10,11,12,13). The van der Waals surface area contributed by atoms with Crippen molar-refractivity contribution in [2.75, 3.05) is 0 Å². The van der Waals surface area contributed by atoms with Crippen molar-refractivity contribution >= 4 is 13.7 Å². The molecule has 0 aromatic heterocycles. The minimum atomic E-state index is -4.46. The van der Waals surface area contributed by atoms with Gasteiger partial charge in [0.1, 0.15) is 0 Å². The molecule has 0 aliphatic carbocycles. The SMILES string of the molecule is CCC(CC)(CC)C(=O)NP(=O)(O)O. The van der Waals surface area contributed by atoms with Gasteiger partial charge in [0.15, 0.2) is 0 Å². The van der Waals surface area contributed by atoms with E-state index in [-0.39, 0.29) is 0 Å². The molecule has 0 aliphatic heterocycles. The number of carbonyl (C=O) groups excluding carboxylic acids is 1. The van der Waals surface area contributed by atoms with Gasteiger partial charge in [0, 0.05) is 5.41 Å². The molecule has 0 saturated heterocycles. The van der Waals surface area contributed by atoms with E-state index in [0.717, 1.165) is 0 Å². The number of amides is 1. The molecule has 0 spiro atoms. The van der Waals surface area contributed by atoms with Crippen LogP contribution in [0.5, 0.6) is 0 Å². The Hall–Kier alpha value is -0.380. The highest BCUT2D eigenvalue weighted by Crippen LogP contribution is 2.36. The van der Waals surface area contributed by atoms with Gasteiger partial charge in [-0.25, -0.2) is 4.57 Å². The van der Waals surface area contributed by atoms with Gasteiger partial charge < -0.3 is 9.79 Å². The Morgan fingerprint density at radius 1 is 1.21 bits per heavy atom. The van der Waals surface area contributed by atoms with Crippen molar-refractivity contribution in [1.29, 1.82) is 0 Å². The molecule has 84 valence electrons. The van der Waals surface area contributed by atoms with E-state index < -0.39 is 19.1 Å². The molecule has 0 saturated carbocycles. The summed E-state index contributed by atoms with van der Waals surface area (Å²) in [6.45, 7) is 5.52. The van der Waals surface area contributed by atoms with Gasteiger partial charge in [-0.1, -0.05) is 20.8 Å². The van der Waals surface area contributed by atoms with Crippen LogP contribution in [-0.4, -0.2) is 15.7 Å². The van der Waals surface area contributed by atoms with Crippen LogP contribution >= 0.6 is 7.75 Å². The van der Waals surface area contributed by atoms with E-state index in [1.165, 1.54) is 0 Å². The van der Waals surface area contributed by atoms with E-state index in [4.69, 9.17) is 9.79 Å². The van der Waals surface area contributed by atoms with Crippen molar-refractivity contribution in [1.82, 2.24) is 5.09 Å². The summed E-state index contributed by atoms with van der Waals surface area (Å²) in [5, 5.41) is 1.74. The van der Waals surface area contributed by atoms with Crippen molar-refractivity contribution in [2.24, 2.45) is 5.41 Å². The highest BCUT2D eigenvalue weighted by Gasteiger charge is 2.35. The molecular formula is C8H18NO4P. The molecule has 0 unspecified atom stereocenters. The summed E-state index contributed by atoms with van der Waals surface area (Å²) >= 11 is 0. The molecule has 6 heteroatoms. The maximum atomic E-state index is 11.6. The molecular weight excluding hydrogens is 205 g/mol. The number of carbonyl (C=O) groups is 1. The second-order valence-electron chi connectivity index (χ2n) is 3.33. The van der Waals surface area contributed by atoms with E-state index >= 15 is 0 Å². The van der Waals surface area contributed by atoms with Gasteiger partial charge in [-0.2, -0.15) is 0 Å². The third kappa shape index (κ3) is 3.40. The van der Waals surface area contributed by atoms with Crippen molar-refractivity contribution in [3.63, 3.8) is 0 Å². The Balaban J connectivity index is 4.70. The van der Waals surface area contributed by atoms with Crippen LogP contribution in [0.15, 0.2) is 0 Å². The first kappa shape index (κ1) is 13.6. The first-order chi connectivity index (χ1) is 6.31. The van der Waals surface area contributed by atoms with Crippen molar-refractivity contribution in [3.05, 3.63) is 0 Å². The second-order valence-corrected chi connectivity index (χ2v) is 4.64. The van der Waals surface area contributed by atoms with E-state index in [1.807, 2.05) is 20.8 Å². The molecule has 0 aromatic carbocycles. The zero-order valence-corrected chi connectivity index (χ0v) is 9.67. The molecule has 5 nitrogen and oxygen atoms in total. The summed E-state index contributed by atoms with van der Waals surface area (Å²) in [4.78, 5) is 28.8. The minimum Gasteiger partial charge on any atom is -0.308 e. The van der Waals surface area contributed by atoms with E-state index in [0.29, 0.717) is 19.3 Å². The third-order valence-corrected chi connectivity index (χ3v) is 3.25. The molecule has 0 rings (SSSR count). The Bertz CT molecular complexity index is 235. The van der Waals surface area contributed by atoms with E-state index in [9.17, 15) is 9.36 Å². The molecule has 0 radical (unpaired) electrons. The fraction of sp³-hybridized carbons (Fsp3) is 0.875. The summed E-state index contributed by atoms with van der Waals surface area (Å²) in [7, 11) is -4.46. The number of nitrogens with one attached hydrogen (secondary N) is 1. The quantitative estimate of drug-likeness (QED) is 0.615. The summed E-state index contributed by atoms with van der Waals surface area (Å²) in [6.07, 6.45) is 1.73. The van der Waals surface area contributed by atoms with E-state index in [2.05, 4.69) is 0 Å². The summed E-state index contributed by atoms with van der Waals surface area (Å²) in [5.74, 6) is -0.557. The monoisotopic (exact) mass is 223 g/mol. The molecule has 14 heavy (non-hydrogen) atoms. The minimum absolute atomic E-state index is 0.557. The Morgan fingerprint density at radius 2 is 1.57 bits per heavy atom. The fourth-order valence-corrected chi connectivity index (χ4v) is 1.98. The van der Waals surface area contributed by atoms with Gasteiger partial charge in [0.2, 0.25) is 5.91 Å². The van der Waals surface area contributed by atoms with Crippen molar-refractivity contribution in [2.45, 2.75) is 40.0 Å². The van der Waals surface area contributed by atoms with Gasteiger partial charge in [-0.3, -0.25) is 9.88 Å². The van der Waals surface area contributed by atoms with Crippen LogP contribution in [0.3, 0.4) is 0 Å². The van der Waals surface area contributed by atoms with Gasteiger partial charge in [-0.05, 0) is 19.3 Å². The molecule has 1 amide bonds. The van der Waals surface area contributed by atoms with Gasteiger partial charge in [0.05, 0.1) is 0 Å². The van der Waals surface area contributed by atoms with Crippen LogP contribution < -0.4 is 5.09 Å². The van der Waals surface area contributed by atoms with Crippen LogP contribution in [0.25, 0.3) is 0 Å². The summed E-state index contributed by atoms with van der Waals surface area (Å²) in [5.41, 5.74) is -0.652. The van der Waals surface area contributed by atoms with Crippen LogP contribution in [0.2, 0.25) is 0 Å². The normalized spacial score (nSPS) is 12.6. The Labute approximate surface area is 84.1 Å². The lowest BCUT2D eigenvalue weighted by Crippen LogP contribution is -2.38. The number of rotatable bonds is 5. The number of hydrogen-bond donors (Lipinski definition) is 3. The molecule has 0 heterocycles. The third-order valence-electron chi connectivity index (χ3n) is 2.76. The molecule has 0 aromatic rings. The fourth-order valence-electron chi connectivity index (χ4n) is 1.48. The van der Waals surface area contributed by atoms with E-state index in [1.54, 1.807) is 5.09 Å². The first-order valence-corrected chi connectivity index (χ1v) is 6.30. The summed E-state index contributed by atoms with van der Waals surface area (Å²) in [6, 6.07) is 0. The van der Waals surface area contributed by atoms with Gasteiger partial charge >= 0.3 is 7.75 Å². The van der Waals surface area contributed by atoms with Gasteiger partial charge in [-0.15, -0.1) is 0 Å². The average molecular weight is 223 g/mol. The number of hydrogen-bond acceptors (Lipinski definition) is 2. The topological polar surface area (TPSA) is 86.6 Å². The molecule has 0 bridgehead atoms. The van der Waals surface area contributed by atoms with Crippen molar-refractivity contribution in [3.8, 4) is 0 Å². The zero-order valence-electron chi connectivity index (χ0n) is 8.78. The highest BCUT2D eigenvalue weighted by atomic mass is 31.2. The van der Waals surface area contributed by atoms with Crippen LogP contribution in [0.4, 0.5) is 0 Å². The highest BCUT2D eigenvalue weighted by molar-refractivity contribution is 7.50. The van der Waals surface area contributed by atoms with Crippen LogP contribution in [0.1, 0.15) is 40.0 Å². The molecule has 0 atom stereocenters. The maximum Gasteiger partial charge on any atom is 0.429 e. The lowest BCUT2D eigenvalue weighted by atomic mass is 9.79. The smallest absolute Gasteiger partial charge is 0.308 e. The van der Waals surface area contributed by atoms with Crippen LogP contribution in [0, 0.1) is 5.41 Å². The predicted molar refractivity (Wildman–Crippen MR) is 53.5 cm³/mol. The molecule has 0 aliphatic rings. The maximum absolute atomic E-state index is 11.6. The molecule has 0 fully saturated rings. The predicted octanol–water partition coefficient (Wildman–Crippen LogP) is 1.41. The average Bonchev–Trinajstić information content (AvgIpc) is 2.05.